The lowest BCUT2D eigenvalue weighted by Gasteiger charge is -1.97. The highest BCUT2D eigenvalue weighted by Gasteiger charge is 2.07. The van der Waals surface area contributed by atoms with E-state index >= 15 is 0 Å². The van der Waals surface area contributed by atoms with Crippen LogP contribution in [0.1, 0.15) is 5.56 Å². The zero-order chi connectivity index (χ0) is 9.14. The highest BCUT2D eigenvalue weighted by Crippen LogP contribution is 2.14. The minimum absolute atomic E-state index is 0.0457. The Labute approximate surface area is 72.9 Å². The number of nitrogens with zero attached hydrogens (tertiary/aromatic N) is 1. The third-order valence-electron chi connectivity index (χ3n) is 1.31. The lowest BCUT2D eigenvalue weighted by Crippen LogP contribution is -2.00. The molecule has 1 rings (SSSR count). The van der Waals surface area contributed by atoms with E-state index in [9.17, 15) is 14.5 Å². The van der Waals surface area contributed by atoms with Gasteiger partial charge in [-0.1, -0.05) is 11.6 Å². The largest absolute Gasteiger partial charge is 0.264 e. The molecule has 0 atom stereocenters. The average Bonchev–Trinajstić information content (AvgIpc) is 1.94. The summed E-state index contributed by atoms with van der Waals surface area (Å²) < 4.78 is 12.8. The molecule has 64 valence electrons. The van der Waals surface area contributed by atoms with Crippen molar-refractivity contribution in [1.82, 2.24) is 0 Å². The van der Waals surface area contributed by atoms with Gasteiger partial charge in [0.25, 0.3) is 0 Å². The average molecular weight is 190 g/mol. The molecule has 1 aromatic carbocycles. The van der Waals surface area contributed by atoms with Crippen LogP contribution in [-0.2, 0) is 6.54 Å². The van der Waals surface area contributed by atoms with Gasteiger partial charge < -0.3 is 0 Å². The van der Waals surface area contributed by atoms with Gasteiger partial charge in [0, 0.05) is 9.95 Å². The first-order chi connectivity index (χ1) is 5.59. The number of hydrogen-bond donors (Lipinski definition) is 0. The molecular formula is C7H5ClFNO2. The van der Waals surface area contributed by atoms with Crippen LogP contribution in [0.15, 0.2) is 18.2 Å². The second kappa shape index (κ2) is 3.49. The van der Waals surface area contributed by atoms with Gasteiger partial charge in [0.2, 0.25) is 6.54 Å². The smallest absolute Gasteiger partial charge is 0.231 e. The van der Waals surface area contributed by atoms with E-state index in [2.05, 4.69) is 0 Å². The predicted molar refractivity (Wildman–Crippen MR) is 42.1 cm³/mol. The Morgan fingerprint density at radius 3 is 2.75 bits per heavy atom. The fourth-order valence-corrected chi connectivity index (χ4v) is 0.948. The van der Waals surface area contributed by atoms with Crippen LogP contribution in [0, 0.1) is 15.9 Å². The van der Waals surface area contributed by atoms with Crippen LogP contribution in [0.4, 0.5) is 4.39 Å². The van der Waals surface area contributed by atoms with E-state index in [-0.39, 0.29) is 10.6 Å². The summed E-state index contributed by atoms with van der Waals surface area (Å²) in [5.74, 6) is -0.640. The monoisotopic (exact) mass is 189 g/mol. The maximum Gasteiger partial charge on any atom is 0.231 e. The zero-order valence-electron chi connectivity index (χ0n) is 5.96. The van der Waals surface area contributed by atoms with E-state index in [1.165, 1.54) is 12.1 Å². The molecule has 0 aromatic heterocycles. The molecule has 0 spiro atoms. The van der Waals surface area contributed by atoms with Crippen molar-refractivity contribution in [3.05, 3.63) is 44.7 Å². The summed E-state index contributed by atoms with van der Waals surface area (Å²) in [6, 6.07) is 3.78. The summed E-state index contributed by atoms with van der Waals surface area (Å²) in [6.45, 7) is -0.511. The molecule has 0 saturated heterocycles. The van der Waals surface area contributed by atoms with E-state index in [1.54, 1.807) is 0 Å². The van der Waals surface area contributed by atoms with Crippen LogP contribution in [0.5, 0.6) is 0 Å². The quantitative estimate of drug-likeness (QED) is 0.529. The van der Waals surface area contributed by atoms with Crippen molar-refractivity contribution in [2.24, 2.45) is 0 Å². The molecule has 0 aliphatic rings. The normalized spacial score (nSPS) is 9.83. The molecular weight excluding hydrogens is 185 g/mol. The van der Waals surface area contributed by atoms with Crippen LogP contribution in [0.25, 0.3) is 0 Å². The van der Waals surface area contributed by atoms with Crippen LogP contribution in [-0.4, -0.2) is 4.92 Å². The standard InChI is InChI=1S/C7H5ClFNO2/c8-6-2-1-5(4-10(11)12)7(9)3-6/h1-3H,4H2. The van der Waals surface area contributed by atoms with Crippen LogP contribution in [0.2, 0.25) is 5.02 Å². The van der Waals surface area contributed by atoms with Crippen molar-refractivity contribution in [1.29, 1.82) is 0 Å². The Morgan fingerprint density at radius 1 is 1.58 bits per heavy atom. The topological polar surface area (TPSA) is 43.1 Å². The Kier molecular flexibility index (Phi) is 2.60. The summed E-state index contributed by atoms with van der Waals surface area (Å²) in [5, 5.41) is 10.2. The molecule has 0 fully saturated rings. The molecule has 5 heteroatoms. The molecule has 0 bridgehead atoms. The Hall–Kier alpha value is -1.16. The second-order valence-corrected chi connectivity index (χ2v) is 2.66. The van der Waals surface area contributed by atoms with Gasteiger partial charge in [0.1, 0.15) is 5.82 Å². The molecule has 0 radical (unpaired) electrons. The van der Waals surface area contributed by atoms with Crippen molar-refractivity contribution in [3.63, 3.8) is 0 Å². The second-order valence-electron chi connectivity index (χ2n) is 2.23. The Morgan fingerprint density at radius 2 is 2.25 bits per heavy atom. The summed E-state index contributed by atoms with van der Waals surface area (Å²) in [5.41, 5.74) is 0.0457. The molecule has 0 heterocycles. The van der Waals surface area contributed by atoms with Gasteiger partial charge in [-0.25, -0.2) is 4.39 Å². The lowest BCUT2D eigenvalue weighted by atomic mass is 10.2. The third kappa shape index (κ3) is 2.17. The maximum atomic E-state index is 12.8. The summed E-state index contributed by atoms with van der Waals surface area (Å²) >= 11 is 5.44. The van der Waals surface area contributed by atoms with Gasteiger partial charge in [-0.3, -0.25) is 10.1 Å². The molecule has 12 heavy (non-hydrogen) atoms. The highest BCUT2D eigenvalue weighted by atomic mass is 35.5. The fourth-order valence-electron chi connectivity index (χ4n) is 0.789. The number of hydrogen-bond acceptors (Lipinski definition) is 2. The minimum atomic E-state index is -0.640. The lowest BCUT2D eigenvalue weighted by molar-refractivity contribution is -0.497. The van der Waals surface area contributed by atoms with Crippen molar-refractivity contribution in [2.45, 2.75) is 6.54 Å². The van der Waals surface area contributed by atoms with Crippen molar-refractivity contribution >= 4 is 11.6 Å². The van der Waals surface area contributed by atoms with E-state index in [1.807, 2.05) is 0 Å². The SMILES string of the molecule is O=[N+]([O-])Cc1ccc(Cl)cc1F. The molecule has 0 aliphatic carbocycles. The predicted octanol–water partition coefficient (Wildman–Crippen LogP) is 2.26. The summed E-state index contributed by atoms with van der Waals surface area (Å²) in [4.78, 5) is 9.42. The van der Waals surface area contributed by atoms with Crippen LogP contribution >= 0.6 is 11.6 Å². The first-order valence-electron chi connectivity index (χ1n) is 3.15. The molecule has 0 aliphatic heterocycles. The Bertz CT molecular complexity index is 316. The van der Waals surface area contributed by atoms with Gasteiger partial charge in [-0.2, -0.15) is 0 Å². The molecule has 0 N–H and O–H groups in total. The van der Waals surface area contributed by atoms with Gasteiger partial charge in [0.15, 0.2) is 0 Å². The molecule has 0 amide bonds. The molecule has 1 aromatic rings. The van der Waals surface area contributed by atoms with Crippen LogP contribution in [0.3, 0.4) is 0 Å². The first kappa shape index (κ1) is 8.93. The first-order valence-corrected chi connectivity index (χ1v) is 3.53. The third-order valence-corrected chi connectivity index (χ3v) is 1.55. The van der Waals surface area contributed by atoms with Crippen molar-refractivity contribution < 1.29 is 9.31 Å². The molecule has 0 saturated carbocycles. The number of benzene rings is 1. The minimum Gasteiger partial charge on any atom is -0.264 e. The van der Waals surface area contributed by atoms with Crippen molar-refractivity contribution in [2.75, 3.05) is 0 Å². The van der Waals surface area contributed by atoms with E-state index in [0.29, 0.717) is 0 Å². The summed E-state index contributed by atoms with van der Waals surface area (Å²) in [6.07, 6.45) is 0. The van der Waals surface area contributed by atoms with Crippen molar-refractivity contribution in [3.8, 4) is 0 Å². The van der Waals surface area contributed by atoms with Gasteiger partial charge in [0.05, 0.1) is 5.56 Å². The highest BCUT2D eigenvalue weighted by molar-refractivity contribution is 6.30. The van der Waals surface area contributed by atoms with E-state index in [4.69, 9.17) is 11.6 Å². The number of rotatable bonds is 2. The van der Waals surface area contributed by atoms with E-state index in [0.717, 1.165) is 6.07 Å². The van der Waals surface area contributed by atoms with Gasteiger partial charge in [-0.05, 0) is 18.2 Å². The molecule has 0 unspecified atom stereocenters. The van der Waals surface area contributed by atoms with Gasteiger partial charge in [-0.15, -0.1) is 0 Å². The number of nitro groups is 1. The maximum absolute atomic E-state index is 12.8. The Balaban J connectivity index is 2.93. The van der Waals surface area contributed by atoms with Gasteiger partial charge >= 0.3 is 0 Å². The molecule has 3 nitrogen and oxygen atoms in total. The zero-order valence-corrected chi connectivity index (χ0v) is 6.71. The number of halogens is 2. The fraction of sp³-hybridized carbons (Fsp3) is 0.143. The van der Waals surface area contributed by atoms with Crippen LogP contribution < -0.4 is 0 Å². The van der Waals surface area contributed by atoms with E-state index < -0.39 is 17.3 Å². The summed E-state index contributed by atoms with van der Waals surface area (Å²) in [7, 11) is 0.